The summed E-state index contributed by atoms with van der Waals surface area (Å²) in [7, 11) is 0. The number of hydrogen-bond donors (Lipinski definition) is 1. The van der Waals surface area contributed by atoms with Crippen molar-refractivity contribution in [1.82, 2.24) is 9.97 Å². The van der Waals surface area contributed by atoms with Gasteiger partial charge >= 0.3 is 0 Å². The molecule has 13 heavy (non-hydrogen) atoms. The highest BCUT2D eigenvalue weighted by Gasteiger charge is 1.92. The third kappa shape index (κ3) is 3.25. The maximum absolute atomic E-state index is 10.4. The smallest absolute Gasteiger partial charge is 0.241 e. The van der Waals surface area contributed by atoms with E-state index < -0.39 is 5.91 Å². The summed E-state index contributed by atoms with van der Waals surface area (Å²) in [5.74, 6) is -0.478. The van der Waals surface area contributed by atoms with Gasteiger partial charge in [0.25, 0.3) is 0 Å². The largest absolute Gasteiger partial charge is 0.366 e. The molecule has 1 rings (SSSR count). The lowest BCUT2D eigenvalue weighted by molar-refractivity contribution is -0.113. The fraction of sp³-hybridized carbons (Fsp3) is 0.125. The molecule has 1 aromatic rings. The summed E-state index contributed by atoms with van der Waals surface area (Å²) in [5.41, 5.74) is 5.69. The first kappa shape index (κ1) is 9.73. The van der Waals surface area contributed by atoms with Crippen LogP contribution in [0.5, 0.6) is 0 Å². The van der Waals surface area contributed by atoms with Crippen molar-refractivity contribution >= 4 is 23.7 Å². The van der Waals surface area contributed by atoms with Gasteiger partial charge in [0.15, 0.2) is 5.16 Å². The lowest BCUT2D eigenvalue weighted by Crippen LogP contribution is -2.05. The minimum Gasteiger partial charge on any atom is -0.366 e. The van der Waals surface area contributed by atoms with Crippen LogP contribution >= 0.6 is 11.8 Å². The SMILES string of the molecule is CSc1ncc(/C=C\C(N)=O)cn1. The Kier molecular flexibility index (Phi) is 3.45. The van der Waals surface area contributed by atoms with Crippen molar-refractivity contribution in [2.45, 2.75) is 5.16 Å². The normalized spacial score (nSPS) is 10.5. The van der Waals surface area contributed by atoms with E-state index in [2.05, 4.69) is 9.97 Å². The zero-order chi connectivity index (χ0) is 9.68. The Morgan fingerprint density at radius 1 is 1.54 bits per heavy atom. The number of nitrogens with two attached hydrogens (primary N) is 1. The molecule has 0 aliphatic carbocycles. The van der Waals surface area contributed by atoms with E-state index in [4.69, 9.17) is 5.73 Å². The van der Waals surface area contributed by atoms with Crippen molar-refractivity contribution < 1.29 is 4.79 Å². The molecular formula is C8H9N3OS. The summed E-state index contributed by atoms with van der Waals surface area (Å²) in [4.78, 5) is 18.4. The zero-order valence-corrected chi connectivity index (χ0v) is 7.91. The van der Waals surface area contributed by atoms with Crippen LogP contribution in [-0.4, -0.2) is 22.1 Å². The van der Waals surface area contributed by atoms with Crippen LogP contribution in [0.3, 0.4) is 0 Å². The standard InChI is InChI=1S/C8H9N3OS/c1-13-8-10-4-6(5-11-8)2-3-7(9)12/h2-5H,1H3,(H2,9,12)/b3-2-. The molecule has 1 heterocycles. The summed E-state index contributed by atoms with van der Waals surface area (Å²) in [5, 5.41) is 0.705. The first-order chi connectivity index (χ1) is 6.22. The van der Waals surface area contributed by atoms with Gasteiger partial charge in [-0.25, -0.2) is 9.97 Å². The molecule has 0 saturated carbocycles. The fourth-order valence-corrected chi connectivity index (χ4v) is 1.01. The predicted molar refractivity (Wildman–Crippen MR) is 52.0 cm³/mol. The Balaban J connectivity index is 2.75. The Bertz CT molecular complexity index is 321. The molecule has 0 aliphatic rings. The monoisotopic (exact) mass is 195 g/mol. The van der Waals surface area contributed by atoms with E-state index in [0.717, 1.165) is 5.56 Å². The summed E-state index contributed by atoms with van der Waals surface area (Å²) in [6.07, 6.45) is 8.02. The third-order valence-electron chi connectivity index (χ3n) is 1.27. The molecule has 0 radical (unpaired) electrons. The molecule has 0 bridgehead atoms. The van der Waals surface area contributed by atoms with Crippen LogP contribution in [0.25, 0.3) is 6.08 Å². The maximum atomic E-state index is 10.4. The Labute approximate surface area is 80.3 Å². The average molecular weight is 195 g/mol. The first-order valence-corrected chi connectivity index (χ1v) is 4.78. The molecule has 4 nitrogen and oxygen atoms in total. The molecule has 0 atom stereocenters. The number of thioether (sulfide) groups is 1. The molecule has 0 saturated heterocycles. The van der Waals surface area contributed by atoms with Crippen LogP contribution in [0.4, 0.5) is 0 Å². The lowest BCUT2D eigenvalue weighted by atomic mass is 10.3. The minimum atomic E-state index is -0.478. The average Bonchev–Trinajstić information content (AvgIpc) is 2.15. The molecular weight excluding hydrogens is 186 g/mol. The van der Waals surface area contributed by atoms with Gasteiger partial charge in [0.2, 0.25) is 5.91 Å². The Hall–Kier alpha value is -1.36. The van der Waals surface area contributed by atoms with Gasteiger partial charge in [-0.15, -0.1) is 0 Å². The third-order valence-corrected chi connectivity index (χ3v) is 1.85. The van der Waals surface area contributed by atoms with Crippen molar-refractivity contribution in [2.24, 2.45) is 5.73 Å². The van der Waals surface area contributed by atoms with Crippen molar-refractivity contribution in [3.05, 3.63) is 24.0 Å². The second-order valence-corrected chi connectivity index (χ2v) is 3.01. The van der Waals surface area contributed by atoms with E-state index in [0.29, 0.717) is 5.16 Å². The van der Waals surface area contributed by atoms with E-state index in [1.54, 1.807) is 18.5 Å². The predicted octanol–water partition coefficient (Wildman–Crippen LogP) is 0.697. The van der Waals surface area contributed by atoms with Crippen molar-refractivity contribution in [3.63, 3.8) is 0 Å². The van der Waals surface area contributed by atoms with Gasteiger partial charge in [0.05, 0.1) is 0 Å². The molecule has 5 heteroatoms. The number of amides is 1. The zero-order valence-electron chi connectivity index (χ0n) is 7.10. The fourth-order valence-electron chi connectivity index (χ4n) is 0.696. The van der Waals surface area contributed by atoms with Gasteiger partial charge in [-0.05, 0) is 12.3 Å². The van der Waals surface area contributed by atoms with E-state index in [1.165, 1.54) is 17.8 Å². The highest BCUT2D eigenvalue weighted by molar-refractivity contribution is 7.98. The highest BCUT2D eigenvalue weighted by Crippen LogP contribution is 2.07. The van der Waals surface area contributed by atoms with Gasteiger partial charge in [-0.2, -0.15) is 0 Å². The molecule has 68 valence electrons. The molecule has 0 unspecified atom stereocenters. The van der Waals surface area contributed by atoms with Crippen LogP contribution in [0, 0.1) is 0 Å². The van der Waals surface area contributed by atoms with Crippen LogP contribution < -0.4 is 5.73 Å². The van der Waals surface area contributed by atoms with E-state index in [1.807, 2.05) is 6.26 Å². The maximum Gasteiger partial charge on any atom is 0.241 e. The number of rotatable bonds is 3. The van der Waals surface area contributed by atoms with E-state index in [9.17, 15) is 4.79 Å². The molecule has 1 aromatic heterocycles. The first-order valence-electron chi connectivity index (χ1n) is 3.56. The van der Waals surface area contributed by atoms with E-state index in [-0.39, 0.29) is 0 Å². The number of hydrogen-bond acceptors (Lipinski definition) is 4. The van der Waals surface area contributed by atoms with E-state index >= 15 is 0 Å². The molecule has 0 aromatic carbocycles. The second kappa shape index (κ2) is 4.61. The Morgan fingerprint density at radius 2 is 2.15 bits per heavy atom. The second-order valence-electron chi connectivity index (χ2n) is 2.24. The van der Waals surface area contributed by atoms with Gasteiger partial charge < -0.3 is 5.73 Å². The highest BCUT2D eigenvalue weighted by atomic mass is 32.2. The number of carbonyl (C=O) groups is 1. The van der Waals surface area contributed by atoms with Gasteiger partial charge in [0, 0.05) is 24.0 Å². The number of primary amides is 1. The van der Waals surface area contributed by atoms with Crippen LogP contribution in [0.2, 0.25) is 0 Å². The minimum absolute atomic E-state index is 0.478. The number of aromatic nitrogens is 2. The summed E-state index contributed by atoms with van der Waals surface area (Å²) >= 11 is 1.46. The Morgan fingerprint density at radius 3 is 2.62 bits per heavy atom. The quantitative estimate of drug-likeness (QED) is 0.438. The van der Waals surface area contributed by atoms with Crippen LogP contribution in [0.1, 0.15) is 5.56 Å². The number of carbonyl (C=O) groups excluding carboxylic acids is 1. The summed E-state index contributed by atoms with van der Waals surface area (Å²) in [6, 6.07) is 0. The van der Waals surface area contributed by atoms with Crippen molar-refractivity contribution in [2.75, 3.05) is 6.26 Å². The number of nitrogens with zero attached hydrogens (tertiary/aromatic N) is 2. The molecule has 0 aliphatic heterocycles. The van der Waals surface area contributed by atoms with Gasteiger partial charge in [0.1, 0.15) is 0 Å². The lowest BCUT2D eigenvalue weighted by Gasteiger charge is -1.93. The van der Waals surface area contributed by atoms with Gasteiger partial charge in [-0.3, -0.25) is 4.79 Å². The summed E-state index contributed by atoms with van der Waals surface area (Å²) in [6.45, 7) is 0. The topological polar surface area (TPSA) is 68.9 Å². The molecule has 0 spiro atoms. The molecule has 2 N–H and O–H groups in total. The van der Waals surface area contributed by atoms with Crippen molar-refractivity contribution in [3.8, 4) is 0 Å². The summed E-state index contributed by atoms with van der Waals surface area (Å²) < 4.78 is 0. The van der Waals surface area contributed by atoms with Crippen LogP contribution in [-0.2, 0) is 4.79 Å². The van der Waals surface area contributed by atoms with Gasteiger partial charge in [-0.1, -0.05) is 11.8 Å². The molecule has 0 fully saturated rings. The van der Waals surface area contributed by atoms with Crippen LogP contribution in [0.15, 0.2) is 23.6 Å². The van der Waals surface area contributed by atoms with Crippen molar-refractivity contribution in [1.29, 1.82) is 0 Å². The molecule has 1 amide bonds.